The summed E-state index contributed by atoms with van der Waals surface area (Å²) in [6.45, 7) is 13.9. The minimum Gasteiger partial charge on any atom is -0.378 e. The number of imidazole rings is 1. The highest BCUT2D eigenvalue weighted by Gasteiger charge is 2.50. The minimum atomic E-state index is 0.184. The summed E-state index contributed by atoms with van der Waals surface area (Å²) in [5.41, 5.74) is 1.46. The first-order valence-corrected chi connectivity index (χ1v) is 7.79. The summed E-state index contributed by atoms with van der Waals surface area (Å²) in [5.74, 6) is 0.675. The van der Waals surface area contributed by atoms with E-state index >= 15 is 0 Å². The predicted molar refractivity (Wildman–Crippen MR) is 81.6 cm³/mol. The van der Waals surface area contributed by atoms with Gasteiger partial charge in [-0.1, -0.05) is 27.7 Å². The highest BCUT2D eigenvalue weighted by atomic mass is 16.5. The van der Waals surface area contributed by atoms with Crippen LogP contribution in [0.4, 0.5) is 0 Å². The van der Waals surface area contributed by atoms with Crippen molar-refractivity contribution in [2.45, 2.75) is 59.7 Å². The predicted octanol–water partition coefficient (Wildman–Crippen LogP) is 3.00. The Labute approximate surface area is 122 Å². The topological polar surface area (TPSA) is 39.1 Å². The van der Waals surface area contributed by atoms with Crippen molar-refractivity contribution in [1.29, 1.82) is 0 Å². The van der Waals surface area contributed by atoms with Gasteiger partial charge in [-0.05, 0) is 25.8 Å². The van der Waals surface area contributed by atoms with Gasteiger partial charge in [-0.25, -0.2) is 4.98 Å². The SMILES string of the molecule is CCOC1CC(n2cncc2CNCC(C)C)C1(C)C. The number of hydrogen-bond donors (Lipinski definition) is 1. The Hall–Kier alpha value is -0.870. The van der Waals surface area contributed by atoms with E-state index in [-0.39, 0.29) is 5.41 Å². The van der Waals surface area contributed by atoms with Gasteiger partial charge in [0.2, 0.25) is 0 Å². The van der Waals surface area contributed by atoms with Gasteiger partial charge in [-0.15, -0.1) is 0 Å². The maximum absolute atomic E-state index is 5.82. The fourth-order valence-corrected chi connectivity index (χ4v) is 3.06. The molecule has 0 saturated heterocycles. The van der Waals surface area contributed by atoms with Crippen molar-refractivity contribution in [2.24, 2.45) is 11.3 Å². The molecule has 0 radical (unpaired) electrons. The Balaban J connectivity index is 1.99. The zero-order chi connectivity index (χ0) is 14.8. The Morgan fingerprint density at radius 3 is 2.85 bits per heavy atom. The first kappa shape index (κ1) is 15.5. The van der Waals surface area contributed by atoms with Crippen molar-refractivity contribution >= 4 is 0 Å². The molecular weight excluding hydrogens is 250 g/mol. The quantitative estimate of drug-likeness (QED) is 0.834. The van der Waals surface area contributed by atoms with Crippen LogP contribution in [0.15, 0.2) is 12.5 Å². The molecule has 0 aromatic carbocycles. The molecule has 1 aromatic rings. The molecule has 1 aliphatic rings. The summed E-state index contributed by atoms with van der Waals surface area (Å²) < 4.78 is 8.16. The molecule has 0 amide bonds. The van der Waals surface area contributed by atoms with Crippen molar-refractivity contribution in [2.75, 3.05) is 13.2 Å². The standard InChI is InChI=1S/C16H29N3O/c1-6-20-15-7-14(16(15,4)5)19-11-18-10-13(19)9-17-8-12(2)3/h10-12,14-15,17H,6-9H2,1-5H3. The minimum absolute atomic E-state index is 0.184. The Bertz CT molecular complexity index is 425. The largest absolute Gasteiger partial charge is 0.378 e. The number of hydrogen-bond acceptors (Lipinski definition) is 3. The summed E-state index contributed by atoms with van der Waals surface area (Å²) in [4.78, 5) is 4.34. The normalized spacial score (nSPS) is 24.9. The van der Waals surface area contributed by atoms with Crippen LogP contribution in [0.3, 0.4) is 0 Å². The molecule has 0 aliphatic heterocycles. The number of ether oxygens (including phenoxy) is 1. The van der Waals surface area contributed by atoms with Crippen LogP contribution >= 0.6 is 0 Å². The molecule has 1 aliphatic carbocycles. The lowest BCUT2D eigenvalue weighted by Gasteiger charge is -2.52. The average Bonchev–Trinajstić information content (AvgIpc) is 2.81. The molecule has 1 N–H and O–H groups in total. The van der Waals surface area contributed by atoms with Crippen molar-refractivity contribution < 1.29 is 4.74 Å². The summed E-state index contributed by atoms with van der Waals surface area (Å²) in [7, 11) is 0. The van der Waals surface area contributed by atoms with Gasteiger partial charge in [0, 0.05) is 30.8 Å². The molecule has 1 fully saturated rings. The molecular formula is C16H29N3O. The van der Waals surface area contributed by atoms with Gasteiger partial charge in [0.05, 0.1) is 18.1 Å². The average molecular weight is 279 g/mol. The molecule has 4 heteroatoms. The molecule has 114 valence electrons. The lowest BCUT2D eigenvalue weighted by atomic mass is 9.64. The summed E-state index contributed by atoms with van der Waals surface area (Å²) in [6, 6.07) is 0.498. The lowest BCUT2D eigenvalue weighted by Crippen LogP contribution is -2.51. The van der Waals surface area contributed by atoms with Gasteiger partial charge in [-0.2, -0.15) is 0 Å². The van der Waals surface area contributed by atoms with Crippen LogP contribution in [0.5, 0.6) is 0 Å². The van der Waals surface area contributed by atoms with E-state index in [0.29, 0.717) is 18.1 Å². The zero-order valence-corrected chi connectivity index (χ0v) is 13.5. The van der Waals surface area contributed by atoms with E-state index in [4.69, 9.17) is 4.74 Å². The van der Waals surface area contributed by atoms with Gasteiger partial charge < -0.3 is 14.6 Å². The maximum atomic E-state index is 5.82. The summed E-state index contributed by atoms with van der Waals surface area (Å²) in [6.07, 6.45) is 5.42. The number of nitrogens with zero attached hydrogens (tertiary/aromatic N) is 2. The van der Waals surface area contributed by atoms with E-state index in [1.165, 1.54) is 5.69 Å². The van der Waals surface area contributed by atoms with E-state index < -0.39 is 0 Å². The third-order valence-electron chi connectivity index (χ3n) is 4.43. The van der Waals surface area contributed by atoms with Gasteiger partial charge in [0.25, 0.3) is 0 Å². The highest BCUT2D eigenvalue weighted by Crippen LogP contribution is 2.51. The molecule has 1 heterocycles. The number of aromatic nitrogens is 2. The van der Waals surface area contributed by atoms with Crippen molar-refractivity contribution in [3.63, 3.8) is 0 Å². The Kier molecular flexibility index (Phi) is 4.86. The van der Waals surface area contributed by atoms with Gasteiger partial charge in [0.15, 0.2) is 0 Å². The van der Waals surface area contributed by atoms with E-state index in [2.05, 4.69) is 49.5 Å². The first-order chi connectivity index (χ1) is 9.46. The summed E-state index contributed by atoms with van der Waals surface area (Å²) in [5, 5.41) is 3.50. The van der Waals surface area contributed by atoms with Gasteiger partial charge >= 0.3 is 0 Å². The van der Waals surface area contributed by atoms with Crippen molar-refractivity contribution in [3.05, 3.63) is 18.2 Å². The van der Waals surface area contributed by atoms with Crippen LogP contribution in [0.25, 0.3) is 0 Å². The maximum Gasteiger partial charge on any atom is 0.0951 e. The van der Waals surface area contributed by atoms with E-state index in [1.54, 1.807) is 0 Å². The van der Waals surface area contributed by atoms with Gasteiger partial charge in [0.1, 0.15) is 0 Å². The third-order valence-corrected chi connectivity index (χ3v) is 4.43. The van der Waals surface area contributed by atoms with Crippen LogP contribution in [-0.4, -0.2) is 28.8 Å². The van der Waals surface area contributed by atoms with E-state index in [9.17, 15) is 0 Å². The van der Waals surface area contributed by atoms with Crippen LogP contribution in [0, 0.1) is 11.3 Å². The van der Waals surface area contributed by atoms with E-state index in [0.717, 1.165) is 26.1 Å². The van der Waals surface area contributed by atoms with Crippen molar-refractivity contribution in [1.82, 2.24) is 14.9 Å². The monoisotopic (exact) mass is 279 g/mol. The second-order valence-electron chi connectivity index (χ2n) is 6.83. The fourth-order valence-electron chi connectivity index (χ4n) is 3.06. The molecule has 1 aromatic heterocycles. The van der Waals surface area contributed by atoms with Crippen LogP contribution in [0.1, 0.15) is 52.8 Å². The second kappa shape index (κ2) is 6.27. The smallest absolute Gasteiger partial charge is 0.0951 e. The summed E-state index contributed by atoms with van der Waals surface area (Å²) >= 11 is 0. The fraction of sp³-hybridized carbons (Fsp3) is 0.812. The molecule has 2 rings (SSSR count). The molecule has 0 spiro atoms. The Morgan fingerprint density at radius 2 is 2.25 bits per heavy atom. The molecule has 2 atom stereocenters. The zero-order valence-electron chi connectivity index (χ0n) is 13.5. The Morgan fingerprint density at radius 1 is 1.50 bits per heavy atom. The highest BCUT2D eigenvalue weighted by molar-refractivity contribution is 5.09. The van der Waals surface area contributed by atoms with Gasteiger partial charge in [-0.3, -0.25) is 0 Å². The molecule has 20 heavy (non-hydrogen) atoms. The van der Waals surface area contributed by atoms with Crippen LogP contribution in [0.2, 0.25) is 0 Å². The molecule has 0 bridgehead atoms. The molecule has 2 unspecified atom stereocenters. The lowest BCUT2D eigenvalue weighted by molar-refractivity contribution is -0.128. The third kappa shape index (κ3) is 3.07. The second-order valence-corrected chi connectivity index (χ2v) is 6.83. The first-order valence-electron chi connectivity index (χ1n) is 7.79. The number of nitrogens with one attached hydrogen (secondary N) is 1. The van der Waals surface area contributed by atoms with Crippen LogP contribution in [-0.2, 0) is 11.3 Å². The molecule has 1 saturated carbocycles. The number of rotatable bonds is 7. The van der Waals surface area contributed by atoms with E-state index in [1.807, 2.05) is 12.5 Å². The molecule has 4 nitrogen and oxygen atoms in total. The van der Waals surface area contributed by atoms with Crippen molar-refractivity contribution in [3.8, 4) is 0 Å². The van der Waals surface area contributed by atoms with Crippen LogP contribution < -0.4 is 5.32 Å².